The highest BCUT2D eigenvalue weighted by Crippen LogP contribution is 2.31. The molecule has 5 atom stereocenters. The van der Waals surface area contributed by atoms with E-state index in [1.165, 1.54) is 4.90 Å². The Morgan fingerprint density at radius 2 is 1.49 bits per heavy atom. The predicted octanol–water partition coefficient (Wildman–Crippen LogP) is 1.77. The Kier molecular flexibility index (Phi) is 18.0. The van der Waals surface area contributed by atoms with Crippen LogP contribution in [0.2, 0.25) is 0 Å². The molecule has 55 heavy (non-hydrogen) atoms. The first-order chi connectivity index (χ1) is 25.5. The molecule has 2 fully saturated rings. The molecule has 2 rings (SSSR count). The maximum Gasteiger partial charge on any atom is 0.407 e. The number of likely N-dealkylation sites (tertiary alicyclic amines) is 1. The summed E-state index contributed by atoms with van der Waals surface area (Å²) in [5.41, 5.74) is 3.89. The van der Waals surface area contributed by atoms with E-state index >= 15 is 0 Å². The van der Waals surface area contributed by atoms with Gasteiger partial charge >= 0.3 is 12.1 Å². The average Bonchev–Trinajstić information content (AvgIpc) is 3.49. The van der Waals surface area contributed by atoms with E-state index in [2.05, 4.69) is 21.3 Å². The summed E-state index contributed by atoms with van der Waals surface area (Å²) in [4.78, 5) is 106. The molecule has 0 bridgehead atoms. The van der Waals surface area contributed by atoms with Gasteiger partial charge in [0.2, 0.25) is 29.4 Å². The number of hydrogen-bond donors (Lipinski definition) is 5. The molecule has 1 heterocycles. The zero-order valence-electron chi connectivity index (χ0n) is 34.0. The lowest BCUT2D eigenvalue weighted by Gasteiger charge is -2.34. The van der Waals surface area contributed by atoms with Crippen molar-refractivity contribution in [3.63, 3.8) is 0 Å². The lowest BCUT2D eigenvalue weighted by atomic mass is 9.83. The van der Waals surface area contributed by atoms with Crippen molar-refractivity contribution in [2.24, 2.45) is 17.6 Å². The molecule has 17 nitrogen and oxygen atoms in total. The Hall–Kier alpha value is -4.28. The van der Waals surface area contributed by atoms with E-state index in [4.69, 9.17) is 19.9 Å². The van der Waals surface area contributed by atoms with Crippen molar-refractivity contribution >= 4 is 47.4 Å². The van der Waals surface area contributed by atoms with Gasteiger partial charge in [-0.15, -0.1) is 0 Å². The topological polar surface area (TPSA) is 242 Å². The first-order valence-electron chi connectivity index (χ1n) is 19.4. The van der Waals surface area contributed by atoms with Gasteiger partial charge in [-0.2, -0.15) is 0 Å². The zero-order valence-corrected chi connectivity index (χ0v) is 34.0. The molecule has 0 aromatic heterocycles. The van der Waals surface area contributed by atoms with Crippen molar-refractivity contribution in [2.45, 2.75) is 162 Å². The molecule has 1 saturated carbocycles. The number of carbonyl (C=O) groups is 8. The Morgan fingerprint density at radius 1 is 0.855 bits per heavy atom. The van der Waals surface area contributed by atoms with E-state index in [1.54, 1.807) is 27.7 Å². The lowest BCUT2D eigenvalue weighted by molar-refractivity contribution is -0.156. The van der Waals surface area contributed by atoms with Gasteiger partial charge in [-0.05, 0) is 72.6 Å². The third-order valence-electron chi connectivity index (χ3n) is 8.89. The highest BCUT2D eigenvalue weighted by molar-refractivity contribution is 6.38. The first kappa shape index (κ1) is 46.9. The second-order valence-electron chi connectivity index (χ2n) is 16.8. The van der Waals surface area contributed by atoms with Crippen LogP contribution in [-0.2, 0) is 47.8 Å². The van der Waals surface area contributed by atoms with Crippen LogP contribution >= 0.6 is 0 Å². The Morgan fingerprint density at radius 3 is 2.04 bits per heavy atom. The monoisotopic (exact) mass is 780 g/mol. The normalized spacial score (nSPS) is 19.4. The third-order valence-corrected chi connectivity index (χ3v) is 8.89. The summed E-state index contributed by atoms with van der Waals surface area (Å²) < 4.78 is 16.7. The Labute approximate surface area is 324 Å². The Balaban J connectivity index is 2.22. The van der Waals surface area contributed by atoms with Crippen LogP contribution in [0.1, 0.15) is 120 Å². The van der Waals surface area contributed by atoms with Crippen LogP contribution in [0.4, 0.5) is 4.79 Å². The highest BCUT2D eigenvalue weighted by Gasteiger charge is 2.46. The lowest BCUT2D eigenvalue weighted by Crippen LogP contribution is -2.58. The summed E-state index contributed by atoms with van der Waals surface area (Å²) in [6.45, 7) is 15.5. The van der Waals surface area contributed by atoms with Crippen LogP contribution in [0.5, 0.6) is 0 Å². The average molecular weight is 781 g/mol. The fourth-order valence-electron chi connectivity index (χ4n) is 6.56. The summed E-state index contributed by atoms with van der Waals surface area (Å²) in [5, 5.41) is 9.87. The smallest absolute Gasteiger partial charge is 0.407 e. The summed E-state index contributed by atoms with van der Waals surface area (Å²) in [5.74, 6) is -6.12. The zero-order chi connectivity index (χ0) is 41.7. The van der Waals surface area contributed by atoms with Crippen LogP contribution in [0.15, 0.2) is 0 Å². The maximum absolute atomic E-state index is 14.4. The number of hydrogen-bond acceptors (Lipinski definition) is 11. The molecule has 312 valence electrons. The van der Waals surface area contributed by atoms with Crippen LogP contribution in [0, 0.1) is 11.8 Å². The van der Waals surface area contributed by atoms with E-state index in [9.17, 15) is 38.4 Å². The fourth-order valence-corrected chi connectivity index (χ4v) is 6.56. The summed E-state index contributed by atoms with van der Waals surface area (Å²) in [7, 11) is 0. The molecular formula is C38H64N6O11. The van der Waals surface area contributed by atoms with Crippen molar-refractivity contribution in [1.82, 2.24) is 26.2 Å². The Bertz CT molecular complexity index is 1380. The van der Waals surface area contributed by atoms with E-state index in [0.717, 1.165) is 19.3 Å². The van der Waals surface area contributed by atoms with Gasteiger partial charge in [0.25, 0.3) is 5.91 Å². The second kappa shape index (κ2) is 21.1. The minimum absolute atomic E-state index is 0.0579. The van der Waals surface area contributed by atoms with Gasteiger partial charge in [0.15, 0.2) is 0 Å². The number of carbonyl (C=O) groups excluding carboxylic acids is 8. The molecule has 6 N–H and O–H groups in total. The molecule has 1 saturated heterocycles. The van der Waals surface area contributed by atoms with Gasteiger partial charge < -0.3 is 46.1 Å². The van der Waals surface area contributed by atoms with Crippen LogP contribution in [0.3, 0.4) is 0 Å². The molecular weight excluding hydrogens is 716 g/mol. The van der Waals surface area contributed by atoms with Gasteiger partial charge in [-0.3, -0.25) is 33.6 Å². The molecule has 6 amide bonds. The molecule has 0 radical (unpaired) electrons. The number of ketones is 1. The molecule has 2 aliphatic rings. The number of nitrogens with two attached hydrogens (primary N) is 1. The number of rotatable bonds is 18. The van der Waals surface area contributed by atoms with Gasteiger partial charge in [0, 0.05) is 13.0 Å². The standard InChI is InChI=1S/C38H64N6O11/c1-10-14-25(31(47)34(50)40-19-28(45)41-26(32(39)48)18-29(46)55-38(7,8)9)42-33(49)27-17-24(54-37(4,5)6)20-44(27)35(51)30(23-15-12-11-13-16-23)43-36(52)53-21-22(2)3/h22-27,30H,10-21H2,1-9H3,(H2,39,48)(H,40,50)(H,41,45)(H,42,49)(H,43,52). The summed E-state index contributed by atoms with van der Waals surface area (Å²) in [6, 6.07) is -4.77. The van der Waals surface area contributed by atoms with Crippen molar-refractivity contribution < 1.29 is 52.6 Å². The summed E-state index contributed by atoms with van der Waals surface area (Å²) in [6.07, 6.45) is 2.97. The van der Waals surface area contributed by atoms with Crippen molar-refractivity contribution in [3.05, 3.63) is 0 Å². The molecule has 1 aliphatic heterocycles. The molecule has 1 aliphatic carbocycles. The third kappa shape index (κ3) is 16.5. The van der Waals surface area contributed by atoms with Crippen LogP contribution in [0.25, 0.3) is 0 Å². The van der Waals surface area contributed by atoms with E-state index in [-0.39, 0.29) is 37.8 Å². The van der Waals surface area contributed by atoms with Gasteiger partial charge in [-0.25, -0.2) is 4.79 Å². The van der Waals surface area contributed by atoms with Crippen LogP contribution in [-0.4, -0.2) is 113 Å². The summed E-state index contributed by atoms with van der Waals surface area (Å²) >= 11 is 0. The van der Waals surface area contributed by atoms with E-state index in [1.807, 2.05) is 34.6 Å². The van der Waals surface area contributed by atoms with Gasteiger partial charge in [-0.1, -0.05) is 46.5 Å². The van der Waals surface area contributed by atoms with Gasteiger partial charge in [0.05, 0.1) is 37.3 Å². The quantitative estimate of drug-likeness (QED) is 0.0992. The largest absolute Gasteiger partial charge is 0.460 e. The number of alkyl carbamates (subject to hydrolysis) is 1. The molecule has 0 aromatic rings. The second-order valence-corrected chi connectivity index (χ2v) is 16.8. The number of primary amides is 1. The highest BCUT2D eigenvalue weighted by atomic mass is 16.6. The molecule has 17 heteroatoms. The minimum Gasteiger partial charge on any atom is -0.460 e. The van der Waals surface area contributed by atoms with Crippen molar-refractivity contribution in [1.29, 1.82) is 0 Å². The van der Waals surface area contributed by atoms with Crippen LogP contribution < -0.4 is 27.0 Å². The predicted molar refractivity (Wildman–Crippen MR) is 201 cm³/mol. The number of nitrogens with one attached hydrogen (secondary N) is 4. The molecule has 0 spiro atoms. The number of esters is 1. The SMILES string of the molecule is CCCC(NC(=O)C1CC(OC(C)(C)C)CN1C(=O)C(NC(=O)OCC(C)C)C1CCCCC1)C(=O)C(=O)NCC(=O)NC(CC(=O)OC(C)(C)C)C(N)=O. The maximum atomic E-state index is 14.4. The molecule has 0 aromatic carbocycles. The van der Waals surface area contributed by atoms with E-state index < -0.39 is 102 Å². The number of ether oxygens (including phenoxy) is 3. The fraction of sp³-hybridized carbons (Fsp3) is 0.789. The van der Waals surface area contributed by atoms with E-state index in [0.29, 0.717) is 19.3 Å². The number of Topliss-reactive ketones (excluding diaryl/α,β-unsaturated/α-hetero) is 1. The van der Waals surface area contributed by atoms with Gasteiger partial charge in [0.1, 0.15) is 23.7 Å². The number of amides is 6. The minimum atomic E-state index is -1.43. The van der Waals surface area contributed by atoms with Crippen molar-refractivity contribution in [3.8, 4) is 0 Å². The first-order valence-corrected chi connectivity index (χ1v) is 19.4. The number of nitrogens with zero attached hydrogens (tertiary/aromatic N) is 1. The molecule has 5 unspecified atom stereocenters. The van der Waals surface area contributed by atoms with Crippen molar-refractivity contribution in [2.75, 3.05) is 19.7 Å².